The predicted molar refractivity (Wildman–Crippen MR) is 59.6 cm³/mol. The van der Waals surface area contributed by atoms with Crippen LogP contribution >= 0.6 is 0 Å². The van der Waals surface area contributed by atoms with Gasteiger partial charge in [-0.15, -0.1) is 0 Å². The van der Waals surface area contributed by atoms with E-state index in [-0.39, 0.29) is 41.9 Å². The van der Waals surface area contributed by atoms with Crippen LogP contribution in [0.2, 0.25) is 0 Å². The van der Waals surface area contributed by atoms with Gasteiger partial charge in [-0.25, -0.2) is 4.98 Å². The number of ketones is 1. The highest BCUT2D eigenvalue weighted by molar-refractivity contribution is 6.16. The van der Waals surface area contributed by atoms with Gasteiger partial charge in [0.1, 0.15) is 5.82 Å². The van der Waals surface area contributed by atoms with Gasteiger partial charge < -0.3 is 5.32 Å². The highest BCUT2D eigenvalue weighted by atomic mass is 16.2. The van der Waals surface area contributed by atoms with E-state index in [0.29, 0.717) is 0 Å². The second-order valence-corrected chi connectivity index (χ2v) is 3.65. The van der Waals surface area contributed by atoms with E-state index in [0.717, 1.165) is 0 Å². The molecule has 1 N–H and O–H groups in total. The van der Waals surface area contributed by atoms with E-state index < -0.39 is 0 Å². The molecular formula is C11H11N3O3. The standard InChI is InChI=1S/C11H11N3O3/c1-12-11(17)8-3-2-4-13-10(8)14-6-7(15)5-9(14)16/h2-4H,5-6H2,1H3,(H,12,17). The SMILES string of the molecule is CNC(=O)c1cccnc1N1CC(=O)CC1=O. The van der Waals surface area contributed by atoms with Crippen molar-refractivity contribution in [1.29, 1.82) is 0 Å². The third-order valence-electron chi connectivity index (χ3n) is 2.50. The van der Waals surface area contributed by atoms with E-state index in [4.69, 9.17) is 0 Å². The molecular weight excluding hydrogens is 222 g/mol. The maximum absolute atomic E-state index is 11.6. The molecule has 0 aliphatic carbocycles. The van der Waals surface area contributed by atoms with Crippen molar-refractivity contribution in [3.8, 4) is 0 Å². The van der Waals surface area contributed by atoms with Crippen LogP contribution in [0, 0.1) is 0 Å². The fraction of sp³-hybridized carbons (Fsp3) is 0.273. The lowest BCUT2D eigenvalue weighted by Crippen LogP contribution is -2.29. The Morgan fingerprint density at radius 3 is 2.82 bits per heavy atom. The lowest BCUT2D eigenvalue weighted by Gasteiger charge is -2.16. The van der Waals surface area contributed by atoms with Crippen molar-refractivity contribution in [2.75, 3.05) is 18.5 Å². The van der Waals surface area contributed by atoms with Crippen molar-refractivity contribution in [3.05, 3.63) is 23.9 Å². The fourth-order valence-electron chi connectivity index (χ4n) is 1.70. The smallest absolute Gasteiger partial charge is 0.254 e. The quantitative estimate of drug-likeness (QED) is 0.714. The number of nitrogens with one attached hydrogen (secondary N) is 1. The Balaban J connectivity index is 2.42. The average molecular weight is 233 g/mol. The molecule has 17 heavy (non-hydrogen) atoms. The Hall–Kier alpha value is -2.24. The first-order valence-corrected chi connectivity index (χ1v) is 5.12. The number of rotatable bonds is 2. The van der Waals surface area contributed by atoms with E-state index in [1.54, 1.807) is 12.1 Å². The molecule has 0 radical (unpaired) electrons. The van der Waals surface area contributed by atoms with Gasteiger partial charge in [0.25, 0.3) is 5.91 Å². The van der Waals surface area contributed by atoms with Gasteiger partial charge in [-0.3, -0.25) is 19.3 Å². The van der Waals surface area contributed by atoms with Crippen LogP contribution in [-0.2, 0) is 9.59 Å². The molecule has 1 saturated heterocycles. The summed E-state index contributed by atoms with van der Waals surface area (Å²) in [7, 11) is 1.50. The number of hydrogen-bond acceptors (Lipinski definition) is 4. The second-order valence-electron chi connectivity index (χ2n) is 3.65. The molecule has 1 aliphatic rings. The minimum absolute atomic E-state index is 0.0140. The Labute approximate surface area is 97.6 Å². The minimum Gasteiger partial charge on any atom is -0.355 e. The number of carbonyl (C=O) groups is 3. The monoisotopic (exact) mass is 233 g/mol. The molecule has 0 aromatic carbocycles. The van der Waals surface area contributed by atoms with Gasteiger partial charge in [-0.1, -0.05) is 0 Å². The maximum atomic E-state index is 11.6. The van der Waals surface area contributed by atoms with Crippen LogP contribution in [0.5, 0.6) is 0 Å². The zero-order valence-electron chi connectivity index (χ0n) is 9.27. The molecule has 1 aromatic rings. The number of anilines is 1. The zero-order chi connectivity index (χ0) is 12.4. The summed E-state index contributed by atoms with van der Waals surface area (Å²) in [6.07, 6.45) is 1.36. The number of carbonyl (C=O) groups excluding carboxylic acids is 3. The van der Waals surface area contributed by atoms with E-state index in [9.17, 15) is 14.4 Å². The van der Waals surface area contributed by atoms with Crippen LogP contribution in [0.25, 0.3) is 0 Å². The summed E-state index contributed by atoms with van der Waals surface area (Å²) in [5.74, 6) is -0.578. The third-order valence-corrected chi connectivity index (χ3v) is 2.50. The van der Waals surface area contributed by atoms with Crippen LogP contribution < -0.4 is 10.2 Å². The number of hydrogen-bond donors (Lipinski definition) is 1. The normalized spacial score (nSPS) is 15.2. The number of Topliss-reactive ketones (excluding diaryl/α,β-unsaturated/α-hetero) is 1. The van der Waals surface area contributed by atoms with Crippen LogP contribution in [0.3, 0.4) is 0 Å². The van der Waals surface area contributed by atoms with Gasteiger partial charge in [0.05, 0.1) is 18.5 Å². The van der Waals surface area contributed by atoms with Gasteiger partial charge >= 0.3 is 0 Å². The summed E-state index contributed by atoms with van der Waals surface area (Å²) in [5, 5.41) is 2.47. The molecule has 0 spiro atoms. The third kappa shape index (κ3) is 2.01. The number of aromatic nitrogens is 1. The molecule has 6 heteroatoms. The van der Waals surface area contributed by atoms with Gasteiger partial charge in [-0.05, 0) is 12.1 Å². The largest absolute Gasteiger partial charge is 0.355 e. The molecule has 0 bridgehead atoms. The molecule has 0 unspecified atom stereocenters. The topological polar surface area (TPSA) is 79.4 Å². The highest BCUT2D eigenvalue weighted by Crippen LogP contribution is 2.21. The zero-order valence-corrected chi connectivity index (χ0v) is 9.27. The van der Waals surface area contributed by atoms with Crippen LogP contribution in [0.15, 0.2) is 18.3 Å². The minimum atomic E-state index is -0.333. The Bertz CT molecular complexity index is 498. The van der Waals surface area contributed by atoms with Crippen LogP contribution in [0.1, 0.15) is 16.8 Å². The van der Waals surface area contributed by atoms with E-state index >= 15 is 0 Å². The van der Waals surface area contributed by atoms with Crippen molar-refractivity contribution in [2.45, 2.75) is 6.42 Å². The Morgan fingerprint density at radius 2 is 2.24 bits per heavy atom. The summed E-state index contributed by atoms with van der Waals surface area (Å²) in [6.45, 7) is -0.0140. The lowest BCUT2D eigenvalue weighted by atomic mass is 10.2. The van der Waals surface area contributed by atoms with Gasteiger partial charge in [-0.2, -0.15) is 0 Å². The average Bonchev–Trinajstić information content (AvgIpc) is 2.67. The number of pyridine rings is 1. The Kier molecular flexibility index (Phi) is 2.86. The molecule has 1 fully saturated rings. The van der Waals surface area contributed by atoms with Crippen molar-refractivity contribution in [2.24, 2.45) is 0 Å². The first-order valence-electron chi connectivity index (χ1n) is 5.12. The predicted octanol–water partition coefficient (Wildman–Crippen LogP) is -0.253. The van der Waals surface area contributed by atoms with Crippen molar-refractivity contribution in [3.63, 3.8) is 0 Å². The fourth-order valence-corrected chi connectivity index (χ4v) is 1.70. The van der Waals surface area contributed by atoms with Crippen molar-refractivity contribution >= 4 is 23.4 Å². The van der Waals surface area contributed by atoms with Gasteiger partial charge in [0, 0.05) is 13.2 Å². The van der Waals surface area contributed by atoms with Gasteiger partial charge in [0.15, 0.2) is 5.78 Å². The Morgan fingerprint density at radius 1 is 1.47 bits per heavy atom. The first kappa shape index (κ1) is 11.3. The molecule has 6 nitrogen and oxygen atoms in total. The van der Waals surface area contributed by atoms with E-state index in [1.807, 2.05) is 0 Å². The summed E-state index contributed by atoms with van der Waals surface area (Å²) in [6, 6.07) is 3.17. The summed E-state index contributed by atoms with van der Waals surface area (Å²) in [5.41, 5.74) is 0.290. The summed E-state index contributed by atoms with van der Waals surface area (Å²) < 4.78 is 0. The molecule has 0 atom stereocenters. The number of nitrogens with zero attached hydrogens (tertiary/aromatic N) is 2. The molecule has 0 saturated carbocycles. The molecule has 2 heterocycles. The maximum Gasteiger partial charge on any atom is 0.254 e. The number of amides is 2. The lowest BCUT2D eigenvalue weighted by molar-refractivity contribution is -0.121. The van der Waals surface area contributed by atoms with E-state index in [1.165, 1.54) is 18.1 Å². The van der Waals surface area contributed by atoms with Gasteiger partial charge in [0.2, 0.25) is 5.91 Å². The van der Waals surface area contributed by atoms with Crippen molar-refractivity contribution < 1.29 is 14.4 Å². The molecule has 88 valence electrons. The van der Waals surface area contributed by atoms with Crippen LogP contribution in [0.4, 0.5) is 5.82 Å². The summed E-state index contributed by atoms with van der Waals surface area (Å²) in [4.78, 5) is 39.6. The van der Waals surface area contributed by atoms with Crippen molar-refractivity contribution in [1.82, 2.24) is 10.3 Å². The second kappa shape index (κ2) is 4.32. The summed E-state index contributed by atoms with van der Waals surface area (Å²) >= 11 is 0. The first-order chi connectivity index (χ1) is 8.13. The molecule has 2 amide bonds. The molecule has 2 rings (SSSR count). The van der Waals surface area contributed by atoms with E-state index in [2.05, 4.69) is 10.3 Å². The van der Waals surface area contributed by atoms with Crippen LogP contribution in [-0.4, -0.2) is 36.2 Å². The molecule has 1 aromatic heterocycles. The highest BCUT2D eigenvalue weighted by Gasteiger charge is 2.31. The molecule has 1 aliphatic heterocycles.